The van der Waals surface area contributed by atoms with E-state index < -0.39 is 24.0 Å². The van der Waals surface area contributed by atoms with Gasteiger partial charge < -0.3 is 0 Å². The predicted octanol–water partition coefficient (Wildman–Crippen LogP) is 1.80. The molecule has 0 rings (SSSR count). The number of Topliss-reactive ketones (excluding diaryl/α,β-unsaturated/α-hetero) is 1. The summed E-state index contributed by atoms with van der Waals surface area (Å²) < 4.78 is 24.4. The minimum atomic E-state index is -2.13. The molecule has 0 aromatic rings. The van der Waals surface area contributed by atoms with E-state index in [1.807, 2.05) is 0 Å². The van der Waals surface area contributed by atoms with Crippen molar-refractivity contribution in [1.29, 1.82) is 5.26 Å². The lowest BCUT2D eigenvalue weighted by molar-refractivity contribution is -0.130. The smallest absolute Gasteiger partial charge is 0.244 e. The number of carbonyl (C=O) groups is 1. The molecule has 0 radical (unpaired) electrons. The van der Waals surface area contributed by atoms with Crippen molar-refractivity contribution in [2.24, 2.45) is 5.41 Å². The van der Waals surface area contributed by atoms with Crippen LogP contribution in [0.2, 0.25) is 0 Å². The molecule has 0 fully saturated rings. The summed E-state index contributed by atoms with van der Waals surface area (Å²) in [5, 5.41) is 8.10. The van der Waals surface area contributed by atoms with Crippen LogP contribution < -0.4 is 0 Å². The van der Waals surface area contributed by atoms with Crippen LogP contribution in [0.5, 0.6) is 0 Å². The first-order valence-electron chi connectivity index (χ1n) is 3.59. The molecule has 0 N–H and O–H groups in total. The summed E-state index contributed by atoms with van der Waals surface area (Å²) in [5.41, 5.74) is -1.08. The van der Waals surface area contributed by atoms with E-state index in [0.717, 1.165) is 0 Å². The monoisotopic (exact) mass is 175 g/mol. The van der Waals surface area contributed by atoms with E-state index >= 15 is 0 Å². The van der Waals surface area contributed by atoms with E-state index in [1.54, 1.807) is 0 Å². The molecule has 12 heavy (non-hydrogen) atoms. The predicted molar refractivity (Wildman–Crippen MR) is 39.9 cm³/mol. The Morgan fingerprint density at radius 1 is 1.67 bits per heavy atom. The van der Waals surface area contributed by atoms with Gasteiger partial charge in [0.15, 0.2) is 5.78 Å². The van der Waals surface area contributed by atoms with Crippen molar-refractivity contribution in [2.45, 2.75) is 26.4 Å². The standard InChI is InChI=1S/C8H11F2NO/c1-8(2,3-4-9)7(12)6(10)5-11/h6H,3-4H2,1-2H3. The zero-order valence-corrected chi connectivity index (χ0v) is 7.10. The molecule has 1 unspecified atom stereocenters. The quantitative estimate of drug-likeness (QED) is 0.653. The minimum absolute atomic E-state index is 0.0477. The summed E-state index contributed by atoms with van der Waals surface area (Å²) in [6.45, 7) is 2.18. The highest BCUT2D eigenvalue weighted by molar-refractivity contribution is 5.90. The van der Waals surface area contributed by atoms with Crippen molar-refractivity contribution in [3.8, 4) is 6.07 Å². The molecule has 0 aliphatic rings. The molecule has 0 amide bonds. The van der Waals surface area contributed by atoms with Crippen molar-refractivity contribution in [2.75, 3.05) is 6.67 Å². The molecule has 2 nitrogen and oxygen atoms in total. The Labute approximate surface area is 70.2 Å². The largest absolute Gasteiger partial charge is 0.295 e. The van der Waals surface area contributed by atoms with E-state index in [1.165, 1.54) is 19.9 Å². The Hall–Kier alpha value is -0.980. The molecule has 0 spiro atoms. The van der Waals surface area contributed by atoms with Crippen LogP contribution >= 0.6 is 0 Å². The zero-order valence-electron chi connectivity index (χ0n) is 7.10. The Kier molecular flexibility index (Phi) is 3.81. The van der Waals surface area contributed by atoms with Crippen molar-refractivity contribution in [3.05, 3.63) is 0 Å². The van der Waals surface area contributed by atoms with Crippen LogP contribution in [0, 0.1) is 16.7 Å². The fraction of sp³-hybridized carbons (Fsp3) is 0.750. The van der Waals surface area contributed by atoms with E-state index in [4.69, 9.17) is 5.26 Å². The van der Waals surface area contributed by atoms with E-state index in [2.05, 4.69) is 0 Å². The summed E-state index contributed by atoms with van der Waals surface area (Å²) in [6, 6.07) is 1.19. The molecule has 0 aromatic heterocycles. The molecule has 0 saturated carbocycles. The molecule has 0 bridgehead atoms. The lowest BCUT2D eigenvalue weighted by atomic mass is 9.83. The molecule has 4 heteroatoms. The summed E-state index contributed by atoms with van der Waals surface area (Å²) in [5.74, 6) is -0.845. The third-order valence-corrected chi connectivity index (χ3v) is 1.73. The zero-order chi connectivity index (χ0) is 9.78. The van der Waals surface area contributed by atoms with Crippen molar-refractivity contribution in [1.82, 2.24) is 0 Å². The highest BCUT2D eigenvalue weighted by atomic mass is 19.1. The first-order valence-corrected chi connectivity index (χ1v) is 3.59. The highest BCUT2D eigenvalue weighted by Gasteiger charge is 2.33. The number of nitrogens with zero attached hydrogens (tertiary/aromatic N) is 1. The third kappa shape index (κ3) is 2.57. The van der Waals surface area contributed by atoms with Crippen LogP contribution in [0.4, 0.5) is 8.78 Å². The summed E-state index contributed by atoms with van der Waals surface area (Å²) in [6.07, 6.45) is -2.18. The van der Waals surface area contributed by atoms with Gasteiger partial charge in [0.1, 0.15) is 6.07 Å². The van der Waals surface area contributed by atoms with Gasteiger partial charge in [-0.1, -0.05) is 13.8 Å². The topological polar surface area (TPSA) is 40.9 Å². The molecule has 0 aromatic carbocycles. The van der Waals surface area contributed by atoms with Crippen LogP contribution in [0.1, 0.15) is 20.3 Å². The fourth-order valence-corrected chi connectivity index (χ4v) is 0.761. The average molecular weight is 175 g/mol. The van der Waals surface area contributed by atoms with Gasteiger partial charge in [0.05, 0.1) is 6.67 Å². The molecule has 0 aliphatic carbocycles. The second-order valence-electron chi connectivity index (χ2n) is 3.18. The second kappa shape index (κ2) is 4.15. The van der Waals surface area contributed by atoms with Gasteiger partial charge in [0.25, 0.3) is 0 Å². The van der Waals surface area contributed by atoms with Crippen LogP contribution in [0.15, 0.2) is 0 Å². The van der Waals surface area contributed by atoms with Gasteiger partial charge in [-0.15, -0.1) is 0 Å². The SMILES string of the molecule is CC(C)(CCF)C(=O)C(F)C#N. The Bertz CT molecular complexity index is 208. The number of ketones is 1. The van der Waals surface area contributed by atoms with Crippen molar-refractivity contribution in [3.63, 3.8) is 0 Å². The van der Waals surface area contributed by atoms with Gasteiger partial charge in [-0.25, -0.2) is 4.39 Å². The number of nitriles is 1. The molecule has 1 atom stereocenters. The van der Waals surface area contributed by atoms with Crippen molar-refractivity contribution >= 4 is 5.78 Å². The fourth-order valence-electron chi connectivity index (χ4n) is 0.761. The highest BCUT2D eigenvalue weighted by Crippen LogP contribution is 2.24. The first kappa shape index (κ1) is 11.0. The number of carbonyl (C=O) groups excluding carboxylic acids is 1. The Morgan fingerprint density at radius 2 is 2.17 bits per heavy atom. The number of rotatable bonds is 4. The van der Waals surface area contributed by atoms with Gasteiger partial charge in [-0.2, -0.15) is 5.26 Å². The molecule has 0 aliphatic heterocycles. The lowest BCUT2D eigenvalue weighted by Crippen LogP contribution is -2.31. The Morgan fingerprint density at radius 3 is 2.50 bits per heavy atom. The van der Waals surface area contributed by atoms with Crippen LogP contribution in [0.3, 0.4) is 0 Å². The van der Waals surface area contributed by atoms with Gasteiger partial charge in [0.2, 0.25) is 6.17 Å². The molecule has 0 saturated heterocycles. The van der Waals surface area contributed by atoms with Crippen LogP contribution in [0.25, 0.3) is 0 Å². The van der Waals surface area contributed by atoms with E-state index in [-0.39, 0.29) is 6.42 Å². The normalized spacial score (nSPS) is 13.6. The van der Waals surface area contributed by atoms with Gasteiger partial charge in [-0.3, -0.25) is 9.18 Å². The van der Waals surface area contributed by atoms with Gasteiger partial charge in [0, 0.05) is 5.41 Å². The average Bonchev–Trinajstić information content (AvgIpc) is 2.01. The Balaban J connectivity index is 4.37. The maximum Gasteiger partial charge on any atom is 0.244 e. The van der Waals surface area contributed by atoms with Crippen LogP contribution in [-0.2, 0) is 4.79 Å². The van der Waals surface area contributed by atoms with E-state index in [9.17, 15) is 13.6 Å². The number of hydrogen-bond acceptors (Lipinski definition) is 2. The maximum atomic E-state index is 12.5. The number of hydrogen-bond donors (Lipinski definition) is 0. The summed E-state index contributed by atoms with van der Waals surface area (Å²) in [7, 11) is 0. The maximum absolute atomic E-state index is 12.5. The number of alkyl halides is 2. The van der Waals surface area contributed by atoms with Crippen LogP contribution in [-0.4, -0.2) is 18.6 Å². The van der Waals surface area contributed by atoms with Gasteiger partial charge in [-0.05, 0) is 6.42 Å². The van der Waals surface area contributed by atoms with E-state index in [0.29, 0.717) is 0 Å². The second-order valence-corrected chi connectivity index (χ2v) is 3.18. The molecular weight excluding hydrogens is 164 g/mol. The number of halogens is 2. The lowest BCUT2D eigenvalue weighted by Gasteiger charge is -2.20. The summed E-state index contributed by atoms with van der Waals surface area (Å²) in [4.78, 5) is 11.0. The third-order valence-electron chi connectivity index (χ3n) is 1.73. The van der Waals surface area contributed by atoms with Crippen molar-refractivity contribution < 1.29 is 13.6 Å². The molecule has 0 heterocycles. The van der Waals surface area contributed by atoms with Gasteiger partial charge >= 0.3 is 0 Å². The minimum Gasteiger partial charge on any atom is -0.295 e. The molecular formula is C8H11F2NO. The molecule has 68 valence electrons. The summed E-state index contributed by atoms with van der Waals surface area (Å²) >= 11 is 0. The first-order chi connectivity index (χ1) is 5.45.